The fourth-order valence-corrected chi connectivity index (χ4v) is 0.882. The molecule has 1 heterocycles. The van der Waals surface area contributed by atoms with Crippen LogP contribution in [0.2, 0.25) is 0 Å². The van der Waals surface area contributed by atoms with Gasteiger partial charge in [0.05, 0.1) is 6.54 Å². The van der Waals surface area contributed by atoms with Crippen LogP contribution in [0.1, 0.15) is 5.56 Å². The van der Waals surface area contributed by atoms with Crippen LogP contribution >= 0.6 is 0 Å². The van der Waals surface area contributed by atoms with Crippen LogP contribution in [0.5, 0.6) is 0 Å². The van der Waals surface area contributed by atoms with E-state index >= 15 is 0 Å². The van der Waals surface area contributed by atoms with E-state index < -0.39 is 24.8 Å². The first-order valence-electron chi connectivity index (χ1n) is 3.72. The molecule has 13 heavy (non-hydrogen) atoms. The second-order valence-corrected chi connectivity index (χ2v) is 2.73. The molecular weight excluding hydrogens is 181 g/mol. The lowest BCUT2D eigenvalue weighted by atomic mass is 10.1. The molecule has 5 heteroatoms. The summed E-state index contributed by atoms with van der Waals surface area (Å²) in [5.74, 6) is -3.63. The monoisotopic (exact) mass is 190 g/mol. The zero-order valence-electron chi connectivity index (χ0n) is 6.80. The van der Waals surface area contributed by atoms with E-state index in [1.807, 2.05) is 0 Å². The van der Waals surface area contributed by atoms with Gasteiger partial charge in [-0.2, -0.15) is 4.39 Å². The maximum absolute atomic E-state index is 12.7. The summed E-state index contributed by atoms with van der Waals surface area (Å²) in [7, 11) is 0. The van der Waals surface area contributed by atoms with Crippen molar-refractivity contribution in [2.45, 2.75) is 12.3 Å². The molecule has 0 aliphatic heterocycles. The second-order valence-electron chi connectivity index (χ2n) is 2.73. The van der Waals surface area contributed by atoms with Crippen LogP contribution in [0.4, 0.5) is 13.2 Å². The molecule has 0 saturated carbocycles. The average Bonchev–Trinajstić information content (AvgIpc) is 2.09. The van der Waals surface area contributed by atoms with E-state index in [0.29, 0.717) is 0 Å². The molecule has 0 atom stereocenters. The summed E-state index contributed by atoms with van der Waals surface area (Å²) in [5.41, 5.74) is 5.11. The highest BCUT2D eigenvalue weighted by atomic mass is 19.3. The Balaban J connectivity index is 2.69. The largest absolute Gasteiger partial charge is 0.325 e. The third-order valence-corrected chi connectivity index (χ3v) is 1.55. The number of hydrogen-bond acceptors (Lipinski definition) is 2. The number of aromatic nitrogens is 1. The van der Waals surface area contributed by atoms with E-state index in [0.717, 1.165) is 12.3 Å². The fraction of sp³-hybridized carbons (Fsp3) is 0.375. The van der Waals surface area contributed by atoms with Gasteiger partial charge in [0.1, 0.15) is 0 Å². The van der Waals surface area contributed by atoms with Crippen molar-refractivity contribution in [3.63, 3.8) is 0 Å². The summed E-state index contributed by atoms with van der Waals surface area (Å²) < 4.78 is 37.7. The molecule has 0 spiro atoms. The van der Waals surface area contributed by atoms with Crippen LogP contribution in [0.15, 0.2) is 18.3 Å². The van der Waals surface area contributed by atoms with Gasteiger partial charge in [0, 0.05) is 12.6 Å². The molecule has 0 aromatic carbocycles. The predicted octanol–water partition coefficient (Wildman–Crippen LogP) is 1.36. The predicted molar refractivity (Wildman–Crippen MR) is 41.9 cm³/mol. The number of rotatable bonds is 3. The molecule has 72 valence electrons. The Morgan fingerprint density at radius 1 is 1.38 bits per heavy atom. The van der Waals surface area contributed by atoms with E-state index in [1.165, 1.54) is 6.07 Å². The van der Waals surface area contributed by atoms with E-state index in [1.54, 1.807) is 0 Å². The van der Waals surface area contributed by atoms with Gasteiger partial charge in [-0.15, -0.1) is 0 Å². The first-order chi connectivity index (χ1) is 6.03. The number of alkyl halides is 2. The maximum Gasteiger partial charge on any atom is 0.264 e. The molecule has 0 aliphatic carbocycles. The van der Waals surface area contributed by atoms with Gasteiger partial charge in [0.25, 0.3) is 5.92 Å². The Kier molecular flexibility index (Phi) is 2.87. The standard InChI is InChI=1S/C8H9F3N2/c9-7-2-1-6(4-13-7)3-8(10,11)5-12/h1-2,4H,3,5,12H2. The number of nitrogens with two attached hydrogens (primary N) is 1. The van der Waals surface area contributed by atoms with Crippen molar-refractivity contribution in [3.8, 4) is 0 Å². The normalized spacial score (nSPS) is 11.7. The molecule has 2 N–H and O–H groups in total. The van der Waals surface area contributed by atoms with Crippen LogP contribution in [-0.4, -0.2) is 17.5 Å². The van der Waals surface area contributed by atoms with Crippen molar-refractivity contribution in [2.24, 2.45) is 5.73 Å². The average molecular weight is 190 g/mol. The minimum absolute atomic E-state index is 0.275. The zero-order valence-corrected chi connectivity index (χ0v) is 6.80. The van der Waals surface area contributed by atoms with Gasteiger partial charge in [-0.1, -0.05) is 6.07 Å². The van der Waals surface area contributed by atoms with Crippen molar-refractivity contribution in [1.82, 2.24) is 4.98 Å². The molecule has 0 bridgehead atoms. The minimum atomic E-state index is -2.94. The second kappa shape index (κ2) is 3.74. The van der Waals surface area contributed by atoms with Crippen LogP contribution < -0.4 is 5.73 Å². The van der Waals surface area contributed by atoms with Gasteiger partial charge in [-0.3, -0.25) is 0 Å². The highest BCUT2D eigenvalue weighted by molar-refractivity contribution is 5.11. The van der Waals surface area contributed by atoms with Gasteiger partial charge < -0.3 is 5.73 Å². The Morgan fingerprint density at radius 2 is 2.08 bits per heavy atom. The van der Waals surface area contributed by atoms with Crippen LogP contribution in [-0.2, 0) is 6.42 Å². The quantitative estimate of drug-likeness (QED) is 0.731. The van der Waals surface area contributed by atoms with Crippen LogP contribution in [0, 0.1) is 5.95 Å². The molecule has 0 saturated heterocycles. The molecule has 0 unspecified atom stereocenters. The minimum Gasteiger partial charge on any atom is -0.325 e. The van der Waals surface area contributed by atoms with E-state index in [9.17, 15) is 13.2 Å². The van der Waals surface area contributed by atoms with Crippen molar-refractivity contribution in [2.75, 3.05) is 6.54 Å². The van der Waals surface area contributed by atoms with Gasteiger partial charge in [0.15, 0.2) is 0 Å². The molecule has 1 rings (SSSR count). The topological polar surface area (TPSA) is 38.9 Å². The lowest BCUT2D eigenvalue weighted by Crippen LogP contribution is -2.30. The summed E-state index contributed by atoms with van der Waals surface area (Å²) in [4.78, 5) is 3.26. The first kappa shape index (κ1) is 9.98. The third-order valence-electron chi connectivity index (χ3n) is 1.55. The number of hydrogen-bond donors (Lipinski definition) is 1. The van der Waals surface area contributed by atoms with Crippen molar-refractivity contribution < 1.29 is 13.2 Å². The molecule has 0 aliphatic rings. The van der Waals surface area contributed by atoms with E-state index in [2.05, 4.69) is 4.98 Å². The Hall–Kier alpha value is -1.10. The molecule has 2 nitrogen and oxygen atoms in total. The summed E-state index contributed by atoms with van der Waals surface area (Å²) >= 11 is 0. The fourth-order valence-electron chi connectivity index (χ4n) is 0.882. The molecule has 0 radical (unpaired) electrons. The highest BCUT2D eigenvalue weighted by Gasteiger charge is 2.26. The van der Waals surface area contributed by atoms with Gasteiger partial charge in [0.2, 0.25) is 5.95 Å². The molecule has 1 aromatic rings. The molecule has 1 aromatic heterocycles. The van der Waals surface area contributed by atoms with Gasteiger partial charge >= 0.3 is 0 Å². The summed E-state index contributed by atoms with van der Waals surface area (Å²) in [6.07, 6.45) is 0.579. The Bertz CT molecular complexity index is 271. The zero-order chi connectivity index (χ0) is 9.90. The van der Waals surface area contributed by atoms with Crippen LogP contribution in [0.25, 0.3) is 0 Å². The Morgan fingerprint density at radius 3 is 2.54 bits per heavy atom. The first-order valence-corrected chi connectivity index (χ1v) is 3.72. The van der Waals surface area contributed by atoms with E-state index in [-0.39, 0.29) is 5.56 Å². The van der Waals surface area contributed by atoms with Crippen molar-refractivity contribution in [1.29, 1.82) is 0 Å². The molecule has 0 fully saturated rings. The Labute approximate surface area is 73.6 Å². The lowest BCUT2D eigenvalue weighted by Gasteiger charge is -2.12. The highest BCUT2D eigenvalue weighted by Crippen LogP contribution is 2.17. The SMILES string of the molecule is NCC(F)(F)Cc1ccc(F)nc1. The van der Waals surface area contributed by atoms with E-state index in [4.69, 9.17) is 5.73 Å². The molecule has 0 amide bonds. The summed E-state index contributed by atoms with van der Waals surface area (Å²) in [6, 6.07) is 2.31. The van der Waals surface area contributed by atoms with Crippen molar-refractivity contribution in [3.05, 3.63) is 29.8 Å². The summed E-state index contributed by atoms with van der Waals surface area (Å²) in [5, 5.41) is 0. The maximum atomic E-state index is 12.7. The number of halogens is 3. The third kappa shape index (κ3) is 3.02. The van der Waals surface area contributed by atoms with Crippen LogP contribution in [0.3, 0.4) is 0 Å². The van der Waals surface area contributed by atoms with Crippen molar-refractivity contribution >= 4 is 0 Å². The number of pyridine rings is 1. The van der Waals surface area contributed by atoms with Gasteiger partial charge in [-0.25, -0.2) is 13.8 Å². The number of nitrogens with zero attached hydrogens (tertiary/aromatic N) is 1. The molecular formula is C8H9F3N2. The lowest BCUT2D eigenvalue weighted by molar-refractivity contribution is 0.0114. The smallest absolute Gasteiger partial charge is 0.264 e. The summed E-state index contributed by atoms with van der Waals surface area (Å²) in [6.45, 7) is -0.718. The van der Waals surface area contributed by atoms with Gasteiger partial charge in [-0.05, 0) is 11.6 Å².